The Balaban J connectivity index is 1.91. The van der Waals surface area contributed by atoms with Crippen molar-refractivity contribution in [2.45, 2.75) is 26.6 Å². The van der Waals surface area contributed by atoms with E-state index in [2.05, 4.69) is 10.1 Å². The molecule has 24 heavy (non-hydrogen) atoms. The van der Waals surface area contributed by atoms with Crippen molar-refractivity contribution in [1.82, 2.24) is 5.32 Å². The molecule has 0 bridgehead atoms. The molecule has 2 aromatic rings. The fourth-order valence-electron chi connectivity index (χ4n) is 2.26. The van der Waals surface area contributed by atoms with Gasteiger partial charge in [0.1, 0.15) is 5.75 Å². The van der Waals surface area contributed by atoms with Gasteiger partial charge in [-0.05, 0) is 43.7 Å². The first-order chi connectivity index (χ1) is 11.2. The maximum Gasteiger partial charge on any atom is 0.422 e. The molecule has 0 heterocycles. The standard InChI is InChI=1S/C18H18F3NO2/c1-12-7-13(2)9-15(8-12)17(23)22-10-14-3-5-16(6-4-14)24-11-18(19,20)21/h3-9H,10-11H2,1-2H3,(H,22,23). The lowest BCUT2D eigenvalue weighted by molar-refractivity contribution is -0.153. The summed E-state index contributed by atoms with van der Waals surface area (Å²) >= 11 is 0. The molecule has 3 nitrogen and oxygen atoms in total. The third-order valence-corrected chi connectivity index (χ3v) is 3.26. The van der Waals surface area contributed by atoms with Crippen LogP contribution in [0.2, 0.25) is 0 Å². The number of rotatable bonds is 5. The topological polar surface area (TPSA) is 38.3 Å². The van der Waals surface area contributed by atoms with E-state index < -0.39 is 12.8 Å². The number of hydrogen-bond donors (Lipinski definition) is 1. The molecule has 2 rings (SSSR count). The minimum Gasteiger partial charge on any atom is -0.484 e. The maximum absolute atomic E-state index is 12.1. The second-order valence-electron chi connectivity index (χ2n) is 5.61. The van der Waals surface area contributed by atoms with Gasteiger partial charge in [-0.2, -0.15) is 13.2 Å². The number of carbonyl (C=O) groups is 1. The summed E-state index contributed by atoms with van der Waals surface area (Å²) in [5.74, 6) is -0.0593. The average Bonchev–Trinajstić information content (AvgIpc) is 2.50. The van der Waals surface area contributed by atoms with Crippen molar-refractivity contribution >= 4 is 5.91 Å². The van der Waals surface area contributed by atoms with Crippen LogP contribution in [-0.4, -0.2) is 18.7 Å². The highest BCUT2D eigenvalue weighted by molar-refractivity contribution is 5.94. The summed E-state index contributed by atoms with van der Waals surface area (Å²) in [5, 5.41) is 2.79. The number of carbonyl (C=O) groups excluding carboxylic acids is 1. The van der Waals surface area contributed by atoms with Crippen molar-refractivity contribution in [2.24, 2.45) is 0 Å². The van der Waals surface area contributed by atoms with E-state index in [0.29, 0.717) is 5.56 Å². The Morgan fingerprint density at radius 2 is 1.62 bits per heavy atom. The number of amides is 1. The fourth-order valence-corrected chi connectivity index (χ4v) is 2.26. The van der Waals surface area contributed by atoms with Crippen LogP contribution in [0.15, 0.2) is 42.5 Å². The molecule has 0 saturated heterocycles. The third-order valence-electron chi connectivity index (χ3n) is 3.26. The number of aryl methyl sites for hydroxylation is 2. The van der Waals surface area contributed by atoms with E-state index in [4.69, 9.17) is 0 Å². The summed E-state index contributed by atoms with van der Waals surface area (Å²) < 4.78 is 40.9. The molecular formula is C18H18F3NO2. The molecule has 0 aliphatic rings. The normalized spacial score (nSPS) is 11.2. The first-order valence-corrected chi connectivity index (χ1v) is 7.38. The van der Waals surface area contributed by atoms with Crippen molar-refractivity contribution in [2.75, 3.05) is 6.61 Å². The van der Waals surface area contributed by atoms with Crippen molar-refractivity contribution in [1.29, 1.82) is 0 Å². The Labute approximate surface area is 138 Å². The summed E-state index contributed by atoms with van der Waals surface area (Å²) in [6.45, 7) is 2.80. The highest BCUT2D eigenvalue weighted by Gasteiger charge is 2.28. The number of ether oxygens (including phenoxy) is 1. The zero-order valence-electron chi connectivity index (χ0n) is 13.4. The van der Waals surface area contributed by atoms with E-state index >= 15 is 0 Å². The molecule has 6 heteroatoms. The minimum atomic E-state index is -4.36. The van der Waals surface area contributed by atoms with Gasteiger partial charge in [0.05, 0.1) is 0 Å². The molecule has 0 unspecified atom stereocenters. The Morgan fingerprint density at radius 1 is 1.04 bits per heavy atom. The smallest absolute Gasteiger partial charge is 0.422 e. The molecular weight excluding hydrogens is 319 g/mol. The summed E-state index contributed by atoms with van der Waals surface area (Å²) in [6, 6.07) is 11.7. The van der Waals surface area contributed by atoms with E-state index in [0.717, 1.165) is 16.7 Å². The van der Waals surface area contributed by atoms with E-state index in [1.165, 1.54) is 12.1 Å². The molecule has 0 aliphatic carbocycles. The number of nitrogens with one attached hydrogen (secondary N) is 1. The maximum atomic E-state index is 12.1. The molecule has 0 aromatic heterocycles. The molecule has 2 aromatic carbocycles. The van der Waals surface area contributed by atoms with Crippen molar-refractivity contribution < 1.29 is 22.7 Å². The number of hydrogen-bond acceptors (Lipinski definition) is 2. The zero-order valence-corrected chi connectivity index (χ0v) is 13.4. The molecule has 0 spiro atoms. The molecule has 0 saturated carbocycles. The Kier molecular flexibility index (Phi) is 5.49. The van der Waals surface area contributed by atoms with Gasteiger partial charge in [0.25, 0.3) is 5.91 Å². The fraction of sp³-hybridized carbons (Fsp3) is 0.278. The van der Waals surface area contributed by atoms with Crippen LogP contribution in [-0.2, 0) is 6.54 Å². The average molecular weight is 337 g/mol. The molecule has 0 radical (unpaired) electrons. The first kappa shape index (κ1) is 17.8. The predicted octanol–water partition coefficient (Wildman–Crippen LogP) is 4.17. The Hall–Kier alpha value is -2.50. The van der Waals surface area contributed by atoms with Crippen LogP contribution in [0.5, 0.6) is 5.75 Å². The van der Waals surface area contributed by atoms with Gasteiger partial charge in [0, 0.05) is 12.1 Å². The third kappa shape index (κ3) is 5.61. The largest absolute Gasteiger partial charge is 0.484 e. The number of benzene rings is 2. The van der Waals surface area contributed by atoms with Crippen molar-refractivity contribution in [3.05, 3.63) is 64.7 Å². The van der Waals surface area contributed by atoms with Crippen LogP contribution in [0.1, 0.15) is 27.0 Å². The van der Waals surface area contributed by atoms with E-state index in [-0.39, 0.29) is 18.2 Å². The molecule has 128 valence electrons. The molecule has 0 fully saturated rings. The SMILES string of the molecule is Cc1cc(C)cc(C(=O)NCc2ccc(OCC(F)(F)F)cc2)c1. The lowest BCUT2D eigenvalue weighted by Crippen LogP contribution is -2.23. The molecule has 1 N–H and O–H groups in total. The highest BCUT2D eigenvalue weighted by atomic mass is 19.4. The summed E-state index contributed by atoms with van der Waals surface area (Å²) in [4.78, 5) is 12.1. The van der Waals surface area contributed by atoms with Gasteiger partial charge in [-0.15, -0.1) is 0 Å². The van der Waals surface area contributed by atoms with E-state index in [1.54, 1.807) is 24.3 Å². The van der Waals surface area contributed by atoms with Gasteiger partial charge < -0.3 is 10.1 Å². The second-order valence-corrected chi connectivity index (χ2v) is 5.61. The van der Waals surface area contributed by atoms with Crippen LogP contribution < -0.4 is 10.1 Å². The Bertz CT molecular complexity index is 689. The van der Waals surface area contributed by atoms with Gasteiger partial charge in [0.15, 0.2) is 6.61 Å². The van der Waals surface area contributed by atoms with Gasteiger partial charge in [0.2, 0.25) is 0 Å². The van der Waals surface area contributed by atoms with Crippen LogP contribution >= 0.6 is 0 Å². The summed E-state index contributed by atoms with van der Waals surface area (Å²) in [5.41, 5.74) is 3.36. The van der Waals surface area contributed by atoms with Crippen LogP contribution in [0.3, 0.4) is 0 Å². The van der Waals surface area contributed by atoms with Gasteiger partial charge in [-0.25, -0.2) is 0 Å². The quantitative estimate of drug-likeness (QED) is 0.889. The lowest BCUT2D eigenvalue weighted by Gasteiger charge is -2.10. The second kappa shape index (κ2) is 7.38. The van der Waals surface area contributed by atoms with Crippen LogP contribution in [0.4, 0.5) is 13.2 Å². The molecule has 1 amide bonds. The molecule has 0 atom stereocenters. The summed E-state index contributed by atoms with van der Waals surface area (Å²) in [7, 11) is 0. The van der Waals surface area contributed by atoms with Crippen LogP contribution in [0, 0.1) is 13.8 Å². The number of alkyl halides is 3. The van der Waals surface area contributed by atoms with Gasteiger partial charge in [-0.3, -0.25) is 4.79 Å². The first-order valence-electron chi connectivity index (χ1n) is 7.38. The zero-order chi connectivity index (χ0) is 17.7. The monoisotopic (exact) mass is 337 g/mol. The summed E-state index contributed by atoms with van der Waals surface area (Å²) in [6.07, 6.45) is -4.36. The van der Waals surface area contributed by atoms with E-state index in [9.17, 15) is 18.0 Å². The van der Waals surface area contributed by atoms with Gasteiger partial charge >= 0.3 is 6.18 Å². The molecule has 0 aliphatic heterocycles. The lowest BCUT2D eigenvalue weighted by atomic mass is 10.1. The highest BCUT2D eigenvalue weighted by Crippen LogP contribution is 2.19. The minimum absolute atomic E-state index is 0.136. The predicted molar refractivity (Wildman–Crippen MR) is 85.1 cm³/mol. The van der Waals surface area contributed by atoms with Gasteiger partial charge in [-0.1, -0.05) is 29.3 Å². The van der Waals surface area contributed by atoms with Crippen LogP contribution in [0.25, 0.3) is 0 Å². The number of halogens is 3. The Morgan fingerprint density at radius 3 is 2.17 bits per heavy atom. The van der Waals surface area contributed by atoms with E-state index in [1.807, 2.05) is 19.9 Å². The van der Waals surface area contributed by atoms with Crippen molar-refractivity contribution in [3.63, 3.8) is 0 Å². The van der Waals surface area contributed by atoms with Crippen molar-refractivity contribution in [3.8, 4) is 5.75 Å².